The van der Waals surface area contributed by atoms with Gasteiger partial charge in [0.25, 0.3) is 11.5 Å². The summed E-state index contributed by atoms with van der Waals surface area (Å²) in [6.07, 6.45) is 0. The first-order chi connectivity index (χ1) is 11.2. The Balaban J connectivity index is 2.31. The highest BCUT2D eigenvalue weighted by molar-refractivity contribution is 7.72. The van der Waals surface area contributed by atoms with Gasteiger partial charge >= 0.3 is 0 Å². The number of carbonyl (C=O) groups is 1. The lowest BCUT2D eigenvalue weighted by molar-refractivity contribution is 0.0950. The van der Waals surface area contributed by atoms with Crippen LogP contribution in [0.15, 0.2) is 27.9 Å². The van der Waals surface area contributed by atoms with Crippen molar-refractivity contribution in [1.29, 1.82) is 0 Å². The van der Waals surface area contributed by atoms with Crippen molar-refractivity contribution in [2.24, 2.45) is 0 Å². The Morgan fingerprint density at radius 2 is 1.88 bits per heavy atom. The lowest BCUT2D eigenvalue weighted by Crippen LogP contribution is -2.28. The molecule has 0 saturated carbocycles. The van der Waals surface area contributed by atoms with Gasteiger partial charge in [-0.1, -0.05) is 11.6 Å². The quantitative estimate of drug-likeness (QED) is 0.717. The molecule has 1 aromatic carbocycles. The third kappa shape index (κ3) is 3.85. The van der Waals surface area contributed by atoms with Crippen molar-refractivity contribution < 1.29 is 13.2 Å². The molecule has 0 aliphatic rings. The monoisotopic (exact) mass is 368 g/mol. The van der Waals surface area contributed by atoms with Gasteiger partial charge < -0.3 is 10.3 Å². The predicted molar refractivity (Wildman–Crippen MR) is 92.5 cm³/mol. The van der Waals surface area contributed by atoms with E-state index in [1.165, 1.54) is 19.1 Å². The minimum absolute atomic E-state index is 0.00649. The van der Waals surface area contributed by atoms with Gasteiger partial charge in [0.15, 0.2) is 10.7 Å². The van der Waals surface area contributed by atoms with E-state index in [1.54, 1.807) is 13.8 Å². The van der Waals surface area contributed by atoms with Crippen LogP contribution in [0.25, 0.3) is 0 Å². The minimum Gasteiger partial charge on any atom is -0.348 e. The normalized spacial score (nSPS) is 10.9. The highest BCUT2D eigenvalue weighted by Crippen LogP contribution is 2.22. The van der Waals surface area contributed by atoms with E-state index in [-0.39, 0.29) is 27.6 Å². The highest BCUT2D eigenvalue weighted by atomic mass is 35.5. The smallest absolute Gasteiger partial charge is 0.253 e. The average molecular weight is 369 g/mol. The number of thiol groups is 1. The number of aromatic nitrogens is 1. The van der Waals surface area contributed by atoms with Crippen molar-refractivity contribution in [3.05, 3.63) is 61.5 Å². The molecule has 1 heterocycles. The van der Waals surface area contributed by atoms with Gasteiger partial charge in [0.2, 0.25) is 0 Å². The van der Waals surface area contributed by atoms with Crippen LogP contribution in [0.1, 0.15) is 32.7 Å². The number of amides is 1. The van der Waals surface area contributed by atoms with Crippen LogP contribution in [0.4, 0.5) is 0 Å². The lowest BCUT2D eigenvalue weighted by atomic mass is 10.1. The molecule has 6 nitrogen and oxygen atoms in total. The maximum atomic E-state index is 12.4. The molecule has 0 radical (unpaired) electrons. The number of aryl methyl sites for hydroxylation is 2. The van der Waals surface area contributed by atoms with Gasteiger partial charge in [-0.2, -0.15) is 0 Å². The summed E-state index contributed by atoms with van der Waals surface area (Å²) < 4.78 is 22.5. The van der Waals surface area contributed by atoms with Crippen LogP contribution in [0.2, 0.25) is 5.02 Å². The fourth-order valence-electron chi connectivity index (χ4n) is 2.46. The van der Waals surface area contributed by atoms with Crippen molar-refractivity contribution in [3.63, 3.8) is 0 Å². The van der Waals surface area contributed by atoms with E-state index in [4.69, 9.17) is 11.6 Å². The Morgan fingerprint density at radius 1 is 1.21 bits per heavy atom. The summed E-state index contributed by atoms with van der Waals surface area (Å²) in [7, 11) is -2.86. The Bertz CT molecular complexity index is 940. The number of nitrogens with one attached hydrogen (secondary N) is 2. The Labute approximate surface area is 145 Å². The van der Waals surface area contributed by atoms with Crippen LogP contribution >= 0.6 is 11.6 Å². The van der Waals surface area contributed by atoms with Gasteiger partial charge in [0.05, 0.1) is 4.90 Å². The molecular formula is C16H17ClN2O4S. The zero-order valence-corrected chi connectivity index (χ0v) is 15.0. The van der Waals surface area contributed by atoms with Crippen LogP contribution < -0.4 is 10.9 Å². The molecule has 1 aromatic heterocycles. The number of carbonyl (C=O) groups excluding carboxylic acids is 1. The molecule has 128 valence electrons. The summed E-state index contributed by atoms with van der Waals surface area (Å²) >= 11 is 5.89. The standard InChI is InChI=1S/C16H17ClN2O4S/c1-8-4-9(2)19-16(21)13(8)7-18-15(20)12-5-11(17)6-14(10(12)3)24(22)23/h4-6,24H,7H2,1-3H3,(H,18,20)(H,19,21). The molecular weight excluding hydrogens is 352 g/mol. The number of hydrogen-bond acceptors (Lipinski definition) is 4. The number of H-pyrrole nitrogens is 1. The number of aromatic amines is 1. The van der Waals surface area contributed by atoms with Gasteiger partial charge in [-0.25, -0.2) is 8.42 Å². The molecule has 24 heavy (non-hydrogen) atoms. The lowest BCUT2D eigenvalue weighted by Gasteiger charge is -2.11. The fourth-order valence-corrected chi connectivity index (χ4v) is 3.39. The van der Waals surface area contributed by atoms with E-state index in [2.05, 4.69) is 10.3 Å². The minimum atomic E-state index is -2.86. The van der Waals surface area contributed by atoms with Gasteiger partial charge in [-0.15, -0.1) is 0 Å². The Kier molecular flexibility index (Phi) is 5.46. The van der Waals surface area contributed by atoms with E-state index in [1.807, 2.05) is 6.07 Å². The second-order valence-electron chi connectivity index (χ2n) is 5.48. The third-order valence-corrected chi connectivity index (χ3v) is 4.78. The molecule has 2 N–H and O–H groups in total. The van der Waals surface area contributed by atoms with Crippen LogP contribution in [-0.4, -0.2) is 19.3 Å². The molecule has 2 rings (SSSR count). The molecule has 1 amide bonds. The zero-order valence-electron chi connectivity index (χ0n) is 13.4. The van der Waals surface area contributed by atoms with Crippen molar-refractivity contribution >= 4 is 28.2 Å². The predicted octanol–water partition coefficient (Wildman–Crippen LogP) is 1.85. The first-order valence-electron chi connectivity index (χ1n) is 7.13. The number of benzene rings is 1. The second-order valence-corrected chi connectivity index (χ2v) is 6.91. The second kappa shape index (κ2) is 7.19. The van der Waals surface area contributed by atoms with Crippen LogP contribution in [0.3, 0.4) is 0 Å². The van der Waals surface area contributed by atoms with E-state index >= 15 is 0 Å². The summed E-state index contributed by atoms with van der Waals surface area (Å²) in [4.78, 5) is 27.0. The number of hydrogen-bond donors (Lipinski definition) is 3. The topological polar surface area (TPSA) is 96.1 Å². The Morgan fingerprint density at radius 3 is 2.46 bits per heavy atom. The summed E-state index contributed by atoms with van der Waals surface area (Å²) in [5.41, 5.74) is 2.17. The molecule has 0 saturated heterocycles. The third-order valence-electron chi connectivity index (χ3n) is 3.71. The van der Waals surface area contributed by atoms with Gasteiger partial charge in [0.1, 0.15) is 0 Å². The fraction of sp³-hybridized carbons (Fsp3) is 0.250. The number of pyridine rings is 1. The summed E-state index contributed by atoms with van der Waals surface area (Å²) in [6, 6.07) is 4.52. The van der Waals surface area contributed by atoms with Gasteiger partial charge in [-0.3, -0.25) is 9.59 Å². The highest BCUT2D eigenvalue weighted by Gasteiger charge is 2.16. The SMILES string of the molecule is Cc1cc(C)c(CNC(=O)c2cc(Cl)cc([SH](=O)=O)c2C)c(=O)[nH]1. The number of halogens is 1. The largest absolute Gasteiger partial charge is 0.348 e. The summed E-state index contributed by atoms with van der Waals surface area (Å²) in [5, 5.41) is 2.79. The first kappa shape index (κ1) is 18.2. The molecule has 0 fully saturated rings. The molecule has 0 bridgehead atoms. The molecule has 2 aromatic rings. The maximum absolute atomic E-state index is 12.4. The van der Waals surface area contributed by atoms with E-state index in [0.29, 0.717) is 11.1 Å². The average Bonchev–Trinajstić information content (AvgIpc) is 2.47. The van der Waals surface area contributed by atoms with E-state index in [9.17, 15) is 18.0 Å². The maximum Gasteiger partial charge on any atom is 0.253 e. The van der Waals surface area contributed by atoms with Crippen molar-refractivity contribution in [2.75, 3.05) is 0 Å². The summed E-state index contributed by atoms with van der Waals surface area (Å²) in [5.74, 6) is -0.493. The number of rotatable bonds is 4. The van der Waals surface area contributed by atoms with Crippen molar-refractivity contribution in [3.8, 4) is 0 Å². The molecule has 0 atom stereocenters. The molecule has 0 spiro atoms. The van der Waals surface area contributed by atoms with E-state index in [0.717, 1.165) is 11.3 Å². The molecule has 8 heteroatoms. The van der Waals surface area contributed by atoms with Crippen molar-refractivity contribution in [1.82, 2.24) is 10.3 Å². The van der Waals surface area contributed by atoms with Crippen molar-refractivity contribution in [2.45, 2.75) is 32.2 Å². The molecule has 0 aliphatic carbocycles. The van der Waals surface area contributed by atoms with Gasteiger partial charge in [-0.05, 0) is 50.1 Å². The Hall–Kier alpha value is -2.12. The first-order valence-corrected chi connectivity index (χ1v) is 8.68. The van der Waals surface area contributed by atoms with E-state index < -0.39 is 16.6 Å². The van der Waals surface area contributed by atoms with Crippen LogP contribution in [0, 0.1) is 20.8 Å². The molecule has 0 aliphatic heterocycles. The van der Waals surface area contributed by atoms with Crippen LogP contribution in [0.5, 0.6) is 0 Å². The zero-order chi connectivity index (χ0) is 18.0. The summed E-state index contributed by atoms with van der Waals surface area (Å²) in [6.45, 7) is 5.13. The van der Waals surface area contributed by atoms with Crippen LogP contribution in [-0.2, 0) is 17.2 Å². The molecule has 0 unspecified atom stereocenters. The van der Waals surface area contributed by atoms with Gasteiger partial charge in [0, 0.05) is 28.4 Å².